The van der Waals surface area contributed by atoms with Crippen LogP contribution < -0.4 is 5.32 Å². The minimum absolute atomic E-state index is 0.329. The van der Waals surface area contributed by atoms with Gasteiger partial charge in [0.2, 0.25) is 0 Å². The van der Waals surface area contributed by atoms with E-state index in [-0.39, 0.29) is 0 Å². The summed E-state index contributed by atoms with van der Waals surface area (Å²) in [6, 6.07) is 0.329. The lowest BCUT2D eigenvalue weighted by Gasteiger charge is -2.14. The standard InChI is InChI=1S/C9H15NO/c1-3-5-8(10-2)9-6-4-7-11-9/h3,6,8,10H,1,4-5,7H2,2H3. The average Bonchev–Trinajstić information content (AvgIpc) is 2.52. The van der Waals surface area contributed by atoms with Gasteiger partial charge in [-0.05, 0) is 19.5 Å². The van der Waals surface area contributed by atoms with E-state index in [0.29, 0.717) is 6.04 Å². The van der Waals surface area contributed by atoms with E-state index in [2.05, 4.69) is 18.0 Å². The van der Waals surface area contributed by atoms with Crippen molar-refractivity contribution in [3.63, 3.8) is 0 Å². The van der Waals surface area contributed by atoms with Crippen LogP contribution in [-0.2, 0) is 4.74 Å². The molecule has 2 heteroatoms. The maximum Gasteiger partial charge on any atom is 0.109 e. The largest absolute Gasteiger partial charge is 0.496 e. The van der Waals surface area contributed by atoms with Crippen LogP contribution >= 0.6 is 0 Å². The van der Waals surface area contributed by atoms with Gasteiger partial charge in [-0.1, -0.05) is 6.08 Å². The lowest BCUT2D eigenvalue weighted by Crippen LogP contribution is -2.26. The molecule has 0 saturated carbocycles. The molecule has 0 radical (unpaired) electrons. The van der Waals surface area contributed by atoms with Crippen molar-refractivity contribution in [3.8, 4) is 0 Å². The van der Waals surface area contributed by atoms with Gasteiger partial charge in [0, 0.05) is 6.42 Å². The minimum Gasteiger partial charge on any atom is -0.496 e. The van der Waals surface area contributed by atoms with Gasteiger partial charge in [-0.15, -0.1) is 6.58 Å². The summed E-state index contributed by atoms with van der Waals surface area (Å²) in [6.45, 7) is 4.54. The topological polar surface area (TPSA) is 21.3 Å². The zero-order valence-electron chi connectivity index (χ0n) is 6.97. The van der Waals surface area contributed by atoms with E-state index in [9.17, 15) is 0 Å². The first-order valence-corrected chi connectivity index (χ1v) is 3.99. The molecule has 1 N–H and O–H groups in total. The Bertz CT molecular complexity index is 163. The van der Waals surface area contributed by atoms with Crippen molar-refractivity contribution in [1.82, 2.24) is 5.32 Å². The number of hydrogen-bond acceptors (Lipinski definition) is 2. The van der Waals surface area contributed by atoms with Crippen molar-refractivity contribution >= 4 is 0 Å². The Morgan fingerprint density at radius 3 is 3.18 bits per heavy atom. The van der Waals surface area contributed by atoms with Gasteiger partial charge in [0.25, 0.3) is 0 Å². The highest BCUT2D eigenvalue weighted by atomic mass is 16.5. The van der Waals surface area contributed by atoms with E-state index in [1.807, 2.05) is 13.1 Å². The summed E-state index contributed by atoms with van der Waals surface area (Å²) in [5, 5.41) is 3.18. The summed E-state index contributed by atoms with van der Waals surface area (Å²) in [5.74, 6) is 1.08. The zero-order chi connectivity index (χ0) is 8.10. The van der Waals surface area contributed by atoms with Gasteiger partial charge in [-0.2, -0.15) is 0 Å². The van der Waals surface area contributed by atoms with E-state index in [4.69, 9.17) is 4.74 Å². The number of hydrogen-bond donors (Lipinski definition) is 1. The Labute approximate surface area is 67.9 Å². The summed E-state index contributed by atoms with van der Waals surface area (Å²) < 4.78 is 5.41. The van der Waals surface area contributed by atoms with E-state index in [0.717, 1.165) is 25.2 Å². The SMILES string of the molecule is C=CCC(NC)C1=CCCO1. The third-order valence-electron chi connectivity index (χ3n) is 1.83. The predicted molar refractivity (Wildman–Crippen MR) is 46.3 cm³/mol. The summed E-state index contributed by atoms with van der Waals surface area (Å²) in [7, 11) is 1.94. The minimum atomic E-state index is 0.329. The lowest BCUT2D eigenvalue weighted by molar-refractivity contribution is 0.217. The second kappa shape index (κ2) is 4.19. The lowest BCUT2D eigenvalue weighted by atomic mass is 10.1. The van der Waals surface area contributed by atoms with Crippen LogP contribution in [0.3, 0.4) is 0 Å². The Morgan fingerprint density at radius 1 is 1.91 bits per heavy atom. The number of rotatable bonds is 4. The maximum atomic E-state index is 5.41. The molecule has 0 saturated heterocycles. The van der Waals surface area contributed by atoms with Crippen LogP contribution in [0.1, 0.15) is 12.8 Å². The van der Waals surface area contributed by atoms with Gasteiger partial charge >= 0.3 is 0 Å². The Hall–Kier alpha value is -0.760. The highest BCUT2D eigenvalue weighted by Crippen LogP contribution is 2.15. The van der Waals surface area contributed by atoms with Crippen molar-refractivity contribution in [1.29, 1.82) is 0 Å². The average molecular weight is 153 g/mol. The smallest absolute Gasteiger partial charge is 0.109 e. The molecular weight excluding hydrogens is 138 g/mol. The van der Waals surface area contributed by atoms with Crippen LogP contribution in [0.25, 0.3) is 0 Å². The molecule has 0 fully saturated rings. The molecular formula is C9H15NO. The summed E-state index contributed by atoms with van der Waals surface area (Å²) in [6.07, 6.45) is 6.03. The van der Waals surface area contributed by atoms with Crippen molar-refractivity contribution in [3.05, 3.63) is 24.5 Å². The highest BCUT2D eigenvalue weighted by molar-refractivity contribution is 5.08. The molecule has 0 amide bonds. The summed E-state index contributed by atoms with van der Waals surface area (Å²) in [4.78, 5) is 0. The molecule has 0 aromatic rings. The summed E-state index contributed by atoms with van der Waals surface area (Å²) >= 11 is 0. The van der Waals surface area contributed by atoms with Gasteiger partial charge < -0.3 is 10.1 Å². The number of likely N-dealkylation sites (N-methyl/N-ethyl adjacent to an activating group) is 1. The third kappa shape index (κ3) is 2.09. The molecule has 11 heavy (non-hydrogen) atoms. The van der Waals surface area contributed by atoms with E-state index < -0.39 is 0 Å². The Balaban J connectivity index is 2.46. The number of nitrogens with one attached hydrogen (secondary N) is 1. The predicted octanol–water partition coefficient (Wildman–Crippen LogP) is 1.45. The zero-order valence-corrected chi connectivity index (χ0v) is 6.97. The molecule has 1 aliphatic heterocycles. The van der Waals surface area contributed by atoms with Crippen LogP contribution in [0.2, 0.25) is 0 Å². The Kier molecular flexibility index (Phi) is 3.17. The van der Waals surface area contributed by atoms with Crippen LogP contribution in [-0.4, -0.2) is 19.7 Å². The van der Waals surface area contributed by atoms with Gasteiger partial charge in [0.05, 0.1) is 12.6 Å². The molecule has 2 nitrogen and oxygen atoms in total. The third-order valence-corrected chi connectivity index (χ3v) is 1.83. The molecule has 0 bridgehead atoms. The molecule has 1 heterocycles. The van der Waals surface area contributed by atoms with Crippen LogP contribution in [0.15, 0.2) is 24.5 Å². The van der Waals surface area contributed by atoms with Crippen molar-refractivity contribution in [2.75, 3.05) is 13.7 Å². The molecule has 0 aromatic heterocycles. The quantitative estimate of drug-likeness (QED) is 0.617. The van der Waals surface area contributed by atoms with Gasteiger partial charge in [0.15, 0.2) is 0 Å². The van der Waals surface area contributed by atoms with Crippen molar-refractivity contribution in [2.24, 2.45) is 0 Å². The van der Waals surface area contributed by atoms with E-state index in [1.165, 1.54) is 0 Å². The molecule has 0 aliphatic carbocycles. The molecule has 1 aliphatic rings. The molecule has 1 rings (SSSR count). The monoisotopic (exact) mass is 153 g/mol. The van der Waals surface area contributed by atoms with Gasteiger partial charge in [-0.25, -0.2) is 0 Å². The highest BCUT2D eigenvalue weighted by Gasteiger charge is 2.14. The van der Waals surface area contributed by atoms with Crippen LogP contribution in [0.5, 0.6) is 0 Å². The second-order valence-corrected chi connectivity index (χ2v) is 2.61. The Morgan fingerprint density at radius 2 is 2.73 bits per heavy atom. The van der Waals surface area contributed by atoms with Gasteiger partial charge in [-0.3, -0.25) is 0 Å². The first-order valence-electron chi connectivity index (χ1n) is 3.99. The number of ether oxygens (including phenoxy) is 1. The fourth-order valence-electron chi connectivity index (χ4n) is 1.22. The molecule has 0 aromatic carbocycles. The van der Waals surface area contributed by atoms with E-state index >= 15 is 0 Å². The summed E-state index contributed by atoms with van der Waals surface area (Å²) in [5.41, 5.74) is 0. The normalized spacial score (nSPS) is 18.8. The fraction of sp³-hybridized carbons (Fsp3) is 0.556. The van der Waals surface area contributed by atoms with Crippen molar-refractivity contribution in [2.45, 2.75) is 18.9 Å². The van der Waals surface area contributed by atoms with Crippen LogP contribution in [0, 0.1) is 0 Å². The molecule has 1 atom stereocenters. The van der Waals surface area contributed by atoms with Crippen LogP contribution in [0.4, 0.5) is 0 Å². The fourth-order valence-corrected chi connectivity index (χ4v) is 1.22. The first-order chi connectivity index (χ1) is 5.38. The molecule has 1 unspecified atom stereocenters. The van der Waals surface area contributed by atoms with E-state index in [1.54, 1.807) is 0 Å². The molecule has 62 valence electrons. The van der Waals surface area contributed by atoms with Gasteiger partial charge in [0.1, 0.15) is 5.76 Å². The second-order valence-electron chi connectivity index (χ2n) is 2.61. The first kappa shape index (κ1) is 8.34. The molecule has 0 spiro atoms. The maximum absolute atomic E-state index is 5.41. The van der Waals surface area contributed by atoms with Crippen molar-refractivity contribution < 1.29 is 4.74 Å².